The van der Waals surface area contributed by atoms with E-state index in [9.17, 15) is 0 Å². The molecule has 1 heterocycles. The van der Waals surface area contributed by atoms with Crippen LogP contribution >= 0.6 is 0 Å². The van der Waals surface area contributed by atoms with Crippen molar-refractivity contribution < 1.29 is 0 Å². The van der Waals surface area contributed by atoms with Crippen molar-refractivity contribution in [1.29, 1.82) is 0 Å². The Bertz CT molecular complexity index is 438. The number of hydrogen-bond donors (Lipinski definition) is 1. The molecular weight excluding hydrogens is 236 g/mol. The van der Waals surface area contributed by atoms with Gasteiger partial charge >= 0.3 is 0 Å². The summed E-state index contributed by atoms with van der Waals surface area (Å²) in [5.74, 6) is 2.82. The van der Waals surface area contributed by atoms with Crippen LogP contribution < -0.4 is 10.2 Å². The number of nitrogens with zero attached hydrogens (tertiary/aromatic N) is 3. The first-order valence-corrected chi connectivity index (χ1v) is 7.62. The molecule has 0 aromatic carbocycles. The molecule has 4 nitrogen and oxygen atoms in total. The number of anilines is 2. The van der Waals surface area contributed by atoms with Gasteiger partial charge < -0.3 is 10.2 Å². The molecule has 1 aromatic rings. The Hall–Kier alpha value is -1.32. The lowest BCUT2D eigenvalue weighted by Crippen LogP contribution is -2.29. The van der Waals surface area contributed by atoms with E-state index in [2.05, 4.69) is 35.1 Å². The predicted molar refractivity (Wildman–Crippen MR) is 78.6 cm³/mol. The third kappa shape index (κ3) is 3.37. The summed E-state index contributed by atoms with van der Waals surface area (Å²) in [6.45, 7) is 6.35. The lowest BCUT2D eigenvalue weighted by molar-refractivity contribution is 0.707. The highest BCUT2D eigenvalue weighted by molar-refractivity contribution is 5.47. The molecule has 0 aliphatic heterocycles. The fourth-order valence-electron chi connectivity index (χ4n) is 2.41. The summed E-state index contributed by atoms with van der Waals surface area (Å²) >= 11 is 0. The van der Waals surface area contributed by atoms with Gasteiger partial charge in [-0.15, -0.1) is 0 Å². The molecule has 0 amide bonds. The Labute approximate surface area is 115 Å². The minimum atomic E-state index is 0.730. The predicted octanol–water partition coefficient (Wildman–Crippen LogP) is 2.99. The molecule has 0 bridgehead atoms. The van der Waals surface area contributed by atoms with E-state index in [1.165, 1.54) is 32.2 Å². The summed E-state index contributed by atoms with van der Waals surface area (Å²) < 4.78 is 0. The van der Waals surface area contributed by atoms with Crippen molar-refractivity contribution in [2.75, 3.05) is 23.3 Å². The smallest absolute Gasteiger partial charge is 0.224 e. The van der Waals surface area contributed by atoms with E-state index in [0.29, 0.717) is 0 Å². The van der Waals surface area contributed by atoms with Gasteiger partial charge in [0.1, 0.15) is 5.82 Å². The molecule has 1 N–H and O–H groups in total. The van der Waals surface area contributed by atoms with Crippen LogP contribution in [0.2, 0.25) is 0 Å². The third-order valence-electron chi connectivity index (χ3n) is 3.81. The van der Waals surface area contributed by atoms with Crippen LogP contribution in [0.25, 0.3) is 0 Å². The van der Waals surface area contributed by atoms with Crippen molar-refractivity contribution in [3.63, 3.8) is 0 Å². The topological polar surface area (TPSA) is 41.1 Å². The van der Waals surface area contributed by atoms with Gasteiger partial charge in [0.2, 0.25) is 5.95 Å². The quantitative estimate of drug-likeness (QED) is 0.818. The fourth-order valence-corrected chi connectivity index (χ4v) is 2.41. The van der Waals surface area contributed by atoms with E-state index in [0.717, 1.165) is 42.4 Å². The van der Waals surface area contributed by atoms with Crippen molar-refractivity contribution in [2.45, 2.75) is 52.0 Å². The summed E-state index contributed by atoms with van der Waals surface area (Å²) in [6.07, 6.45) is 6.55. The van der Waals surface area contributed by atoms with Gasteiger partial charge in [-0.3, -0.25) is 0 Å². The number of nitrogens with one attached hydrogen (secondary N) is 1. The Morgan fingerprint density at radius 1 is 1.26 bits per heavy atom. The summed E-state index contributed by atoms with van der Waals surface area (Å²) in [5.41, 5.74) is 1.06. The average molecular weight is 260 g/mol. The van der Waals surface area contributed by atoms with Crippen LogP contribution in [0.3, 0.4) is 0 Å². The van der Waals surface area contributed by atoms with Crippen LogP contribution in [0, 0.1) is 12.8 Å². The second-order valence-corrected chi connectivity index (χ2v) is 5.94. The van der Waals surface area contributed by atoms with E-state index in [4.69, 9.17) is 4.98 Å². The summed E-state index contributed by atoms with van der Waals surface area (Å²) in [4.78, 5) is 11.7. The first-order chi connectivity index (χ1) is 9.26. The molecule has 1 aromatic heterocycles. The number of aromatic nitrogens is 2. The molecule has 2 saturated carbocycles. The molecule has 104 valence electrons. The molecule has 0 unspecified atom stereocenters. The Morgan fingerprint density at radius 3 is 2.68 bits per heavy atom. The van der Waals surface area contributed by atoms with Gasteiger partial charge in [-0.25, -0.2) is 4.98 Å². The lowest BCUT2D eigenvalue weighted by atomic mass is 10.3. The maximum Gasteiger partial charge on any atom is 0.224 e. The van der Waals surface area contributed by atoms with Gasteiger partial charge in [0.05, 0.1) is 0 Å². The maximum atomic E-state index is 4.72. The molecule has 0 radical (unpaired) electrons. The van der Waals surface area contributed by atoms with Gasteiger partial charge in [0.15, 0.2) is 0 Å². The van der Waals surface area contributed by atoms with Crippen molar-refractivity contribution in [3.8, 4) is 0 Å². The summed E-state index contributed by atoms with van der Waals surface area (Å²) in [5, 5.41) is 3.31. The van der Waals surface area contributed by atoms with Gasteiger partial charge in [-0.2, -0.15) is 4.98 Å². The number of hydrogen-bond acceptors (Lipinski definition) is 4. The van der Waals surface area contributed by atoms with Crippen LogP contribution in [0.1, 0.15) is 44.7 Å². The van der Waals surface area contributed by atoms with Gasteiger partial charge in [0.25, 0.3) is 0 Å². The zero-order valence-electron chi connectivity index (χ0n) is 12.0. The Kier molecular flexibility index (Phi) is 3.58. The van der Waals surface area contributed by atoms with Crippen LogP contribution in [0.4, 0.5) is 11.8 Å². The van der Waals surface area contributed by atoms with E-state index < -0.39 is 0 Å². The first kappa shape index (κ1) is 12.7. The minimum absolute atomic E-state index is 0.730. The fraction of sp³-hybridized carbons (Fsp3) is 0.733. The van der Waals surface area contributed by atoms with Gasteiger partial charge in [0, 0.05) is 30.9 Å². The summed E-state index contributed by atoms with van der Waals surface area (Å²) in [6, 6.07) is 2.87. The molecule has 19 heavy (non-hydrogen) atoms. The standard InChI is InChI=1S/C15H24N4/c1-3-8-16-15-17-11(2)9-14(18-15)19(13-6-7-13)10-12-4-5-12/h9,12-13H,3-8,10H2,1-2H3,(H,16,17,18). The van der Waals surface area contributed by atoms with Crippen molar-refractivity contribution in [3.05, 3.63) is 11.8 Å². The molecule has 0 spiro atoms. The Balaban J connectivity index is 1.77. The molecule has 4 heteroatoms. The maximum absolute atomic E-state index is 4.72. The van der Waals surface area contributed by atoms with E-state index >= 15 is 0 Å². The Morgan fingerprint density at radius 2 is 2.05 bits per heavy atom. The number of rotatable bonds is 7. The third-order valence-corrected chi connectivity index (χ3v) is 3.81. The highest BCUT2D eigenvalue weighted by Gasteiger charge is 2.34. The van der Waals surface area contributed by atoms with E-state index in [1.54, 1.807) is 0 Å². The van der Waals surface area contributed by atoms with E-state index in [1.807, 2.05) is 0 Å². The van der Waals surface area contributed by atoms with Crippen LogP contribution in [-0.4, -0.2) is 29.1 Å². The van der Waals surface area contributed by atoms with Crippen molar-refractivity contribution >= 4 is 11.8 Å². The molecule has 2 fully saturated rings. The normalized spacial score (nSPS) is 18.4. The van der Waals surface area contributed by atoms with Gasteiger partial charge in [-0.1, -0.05) is 6.92 Å². The van der Waals surface area contributed by atoms with E-state index in [-0.39, 0.29) is 0 Å². The zero-order chi connectivity index (χ0) is 13.2. The first-order valence-electron chi connectivity index (χ1n) is 7.62. The number of aryl methyl sites for hydroxylation is 1. The van der Waals surface area contributed by atoms with Crippen molar-refractivity contribution in [1.82, 2.24) is 9.97 Å². The molecule has 0 saturated heterocycles. The lowest BCUT2D eigenvalue weighted by Gasteiger charge is -2.24. The van der Waals surface area contributed by atoms with Crippen LogP contribution in [0.15, 0.2) is 6.07 Å². The molecule has 2 aliphatic rings. The monoisotopic (exact) mass is 260 g/mol. The second kappa shape index (κ2) is 5.35. The SMILES string of the molecule is CCCNc1nc(C)cc(N(CC2CC2)C2CC2)n1. The largest absolute Gasteiger partial charge is 0.354 e. The highest BCUT2D eigenvalue weighted by Crippen LogP contribution is 2.37. The average Bonchev–Trinajstić information content (AvgIpc) is 3.26. The zero-order valence-corrected chi connectivity index (χ0v) is 12.0. The molecular formula is C15H24N4. The van der Waals surface area contributed by atoms with Gasteiger partial charge in [-0.05, 0) is 44.9 Å². The summed E-state index contributed by atoms with van der Waals surface area (Å²) in [7, 11) is 0. The highest BCUT2D eigenvalue weighted by atomic mass is 15.3. The molecule has 3 rings (SSSR count). The second-order valence-electron chi connectivity index (χ2n) is 5.94. The van der Waals surface area contributed by atoms with Crippen LogP contribution in [-0.2, 0) is 0 Å². The molecule has 0 atom stereocenters. The molecule has 2 aliphatic carbocycles. The minimum Gasteiger partial charge on any atom is -0.354 e. The van der Waals surface area contributed by atoms with Crippen molar-refractivity contribution in [2.24, 2.45) is 5.92 Å². The van der Waals surface area contributed by atoms with Crippen LogP contribution in [0.5, 0.6) is 0 Å².